The fourth-order valence-electron chi connectivity index (χ4n) is 5.77. The Hall–Kier alpha value is -0.0500. The lowest BCUT2D eigenvalue weighted by Gasteiger charge is -2.37. The van der Waals surface area contributed by atoms with Gasteiger partial charge in [-0.25, -0.2) is 4.57 Å². The Labute approximate surface area is 233 Å². The molecule has 2 aliphatic rings. The normalized spacial score (nSPS) is 25.6. The number of likely N-dealkylation sites (tertiary alicyclic amines) is 1. The van der Waals surface area contributed by atoms with Crippen LogP contribution in [0.5, 0.6) is 0 Å². The largest absolute Gasteiger partial charge is 0.472 e. The van der Waals surface area contributed by atoms with Crippen LogP contribution in [0.4, 0.5) is 0 Å². The van der Waals surface area contributed by atoms with Gasteiger partial charge in [0, 0.05) is 12.8 Å². The summed E-state index contributed by atoms with van der Waals surface area (Å²) in [7, 11) is 0.251. The van der Waals surface area contributed by atoms with Crippen LogP contribution < -0.4 is 0 Å². The van der Waals surface area contributed by atoms with E-state index in [0.717, 1.165) is 49.7 Å². The average molecular weight is 563 g/mol. The maximum Gasteiger partial charge on any atom is 0.472 e. The van der Waals surface area contributed by atoms with Gasteiger partial charge in [0.2, 0.25) is 0 Å². The van der Waals surface area contributed by atoms with Crippen LogP contribution in [0.15, 0.2) is 0 Å². The van der Waals surface area contributed by atoms with Gasteiger partial charge >= 0.3 is 7.82 Å². The van der Waals surface area contributed by atoms with Crippen molar-refractivity contribution in [3.8, 4) is 0 Å². The summed E-state index contributed by atoms with van der Waals surface area (Å²) in [5, 5.41) is 14.4. The van der Waals surface area contributed by atoms with E-state index >= 15 is 0 Å². The lowest BCUT2D eigenvalue weighted by Crippen LogP contribution is -2.49. The van der Waals surface area contributed by atoms with Crippen molar-refractivity contribution in [2.45, 2.75) is 147 Å². The van der Waals surface area contributed by atoms with Gasteiger partial charge < -0.3 is 14.1 Å². The minimum atomic E-state index is -4.07. The molecule has 0 aromatic rings. The number of phosphoric ester groups is 1. The van der Waals surface area contributed by atoms with Crippen LogP contribution in [0.3, 0.4) is 0 Å². The van der Waals surface area contributed by atoms with E-state index in [1.54, 1.807) is 0 Å². The summed E-state index contributed by atoms with van der Waals surface area (Å²) >= 11 is 0. The van der Waals surface area contributed by atoms with Gasteiger partial charge in [0.1, 0.15) is 5.72 Å². The Bertz CT molecular complexity index is 697. The summed E-state index contributed by atoms with van der Waals surface area (Å²) in [5.41, 5.74) is -1.33. The molecule has 0 aromatic carbocycles. The predicted molar refractivity (Wildman–Crippen MR) is 152 cm³/mol. The number of hydroxylamine groups is 2. The van der Waals surface area contributed by atoms with Gasteiger partial charge in [-0.05, 0) is 46.0 Å². The highest BCUT2D eigenvalue weighted by Gasteiger charge is 2.52. The standard InChI is InChI=1S/C29H58N2O6P/c1-6-7-8-9-10-11-12-13-14-15-16-21-29(30(32)28(2,3)26-35-29)22-17-18-25-36-38(33,34)37-27-19-23-31(4,5)24-20-27/h27H,6-26H2,1-5H3/p+1. The second kappa shape index (κ2) is 16.4. The van der Waals surface area contributed by atoms with E-state index in [1.807, 2.05) is 13.8 Å². The van der Waals surface area contributed by atoms with Gasteiger partial charge in [0.15, 0.2) is 0 Å². The van der Waals surface area contributed by atoms with Crippen LogP contribution in [0.1, 0.15) is 130 Å². The zero-order valence-corrected chi connectivity index (χ0v) is 26.2. The van der Waals surface area contributed by atoms with Gasteiger partial charge in [-0.15, -0.1) is 10.3 Å². The Morgan fingerprint density at radius 2 is 1.39 bits per heavy atom. The van der Waals surface area contributed by atoms with E-state index in [2.05, 4.69) is 21.0 Å². The van der Waals surface area contributed by atoms with E-state index in [1.165, 1.54) is 62.9 Å². The minimum Gasteiger partial charge on any atom is -0.356 e. The lowest BCUT2D eigenvalue weighted by molar-refractivity contribution is -0.896. The molecule has 0 bridgehead atoms. The Kier molecular flexibility index (Phi) is 14.7. The molecule has 2 unspecified atom stereocenters. The minimum absolute atomic E-state index is 0.138. The highest BCUT2D eigenvalue weighted by Crippen LogP contribution is 2.46. The number of piperidine rings is 1. The third kappa shape index (κ3) is 12.2. The highest BCUT2D eigenvalue weighted by molar-refractivity contribution is 7.47. The summed E-state index contributed by atoms with van der Waals surface area (Å²) in [5.74, 6) is 0. The first-order chi connectivity index (χ1) is 17.9. The van der Waals surface area contributed by atoms with Gasteiger partial charge in [-0.1, -0.05) is 71.1 Å². The third-order valence-electron chi connectivity index (χ3n) is 8.40. The Balaban J connectivity index is 1.66. The molecule has 2 fully saturated rings. The number of nitrogens with zero attached hydrogens (tertiary/aromatic N) is 2. The molecule has 0 spiro atoms. The van der Waals surface area contributed by atoms with Gasteiger partial charge in [0.25, 0.3) is 0 Å². The second-order valence-corrected chi connectivity index (χ2v) is 14.5. The molecule has 2 saturated heterocycles. The van der Waals surface area contributed by atoms with Crippen molar-refractivity contribution in [2.75, 3.05) is 40.4 Å². The number of phosphoric acid groups is 1. The first-order valence-electron chi connectivity index (χ1n) is 15.5. The van der Waals surface area contributed by atoms with E-state index in [-0.39, 0.29) is 12.7 Å². The van der Waals surface area contributed by atoms with Crippen molar-refractivity contribution in [1.29, 1.82) is 0 Å². The van der Waals surface area contributed by atoms with Gasteiger partial charge in [-0.2, -0.15) is 0 Å². The van der Waals surface area contributed by atoms with Crippen molar-refractivity contribution in [1.82, 2.24) is 5.06 Å². The first-order valence-corrected chi connectivity index (χ1v) is 17.0. The summed E-state index contributed by atoms with van der Waals surface area (Å²) in [6.07, 6.45) is 17.9. The maximum atomic E-state index is 13.2. The molecule has 2 aliphatic heterocycles. The zero-order chi connectivity index (χ0) is 28.1. The first kappa shape index (κ1) is 34.2. The number of quaternary nitrogens is 1. The number of hydrogen-bond acceptors (Lipinski definition) is 5. The smallest absolute Gasteiger partial charge is 0.356 e. The number of unbranched alkanes of at least 4 members (excludes halogenated alkanes) is 11. The molecule has 1 N–H and O–H groups in total. The van der Waals surface area contributed by atoms with E-state index in [0.29, 0.717) is 25.9 Å². The van der Waals surface area contributed by atoms with E-state index < -0.39 is 19.1 Å². The molecule has 0 amide bonds. The molecule has 9 heteroatoms. The Morgan fingerprint density at radius 1 is 0.895 bits per heavy atom. The molecular formula is C29H59N2O6P+. The van der Waals surface area contributed by atoms with E-state index in [9.17, 15) is 14.7 Å². The summed E-state index contributed by atoms with van der Waals surface area (Å²) < 4.78 is 30.2. The van der Waals surface area contributed by atoms with E-state index in [4.69, 9.17) is 13.8 Å². The molecule has 38 heavy (non-hydrogen) atoms. The molecule has 2 heterocycles. The molecule has 1 radical (unpaired) electrons. The lowest BCUT2D eigenvalue weighted by atomic mass is 9.95. The summed E-state index contributed by atoms with van der Waals surface area (Å²) in [6, 6.07) is 0. The van der Waals surface area contributed by atoms with Crippen molar-refractivity contribution < 1.29 is 32.9 Å². The quantitative estimate of drug-likeness (QED) is 0.0946. The van der Waals surface area contributed by atoms with Crippen molar-refractivity contribution in [3.05, 3.63) is 0 Å². The van der Waals surface area contributed by atoms with Crippen molar-refractivity contribution in [3.63, 3.8) is 0 Å². The molecule has 2 atom stereocenters. The van der Waals surface area contributed by atoms with Crippen molar-refractivity contribution >= 4 is 7.82 Å². The number of rotatable bonds is 20. The third-order valence-corrected chi connectivity index (χ3v) is 9.47. The SMILES string of the molecule is CCCCCCCCCCCCCC1(CCCCOP(=O)(O)OC2CC[N+](C)(C)CC2)OCC(C)(C)N1[O]. The molecule has 0 saturated carbocycles. The fourth-order valence-corrected chi connectivity index (χ4v) is 6.78. The maximum absolute atomic E-state index is 13.2. The van der Waals surface area contributed by atoms with Crippen LogP contribution >= 0.6 is 7.82 Å². The second-order valence-electron chi connectivity index (χ2n) is 13.1. The highest BCUT2D eigenvalue weighted by atomic mass is 31.2. The average Bonchev–Trinajstić information content (AvgIpc) is 3.07. The zero-order valence-electron chi connectivity index (χ0n) is 25.3. The number of ether oxygens (including phenoxy) is 1. The summed E-state index contributed by atoms with van der Waals surface area (Å²) in [4.78, 5) is 10.2. The van der Waals surface area contributed by atoms with Crippen molar-refractivity contribution in [2.24, 2.45) is 0 Å². The Morgan fingerprint density at radius 3 is 1.89 bits per heavy atom. The van der Waals surface area contributed by atoms with Crippen LogP contribution in [0.25, 0.3) is 0 Å². The van der Waals surface area contributed by atoms with Gasteiger partial charge in [0.05, 0.1) is 52.0 Å². The summed E-state index contributed by atoms with van der Waals surface area (Å²) in [6.45, 7) is 8.56. The van der Waals surface area contributed by atoms with Crippen LogP contribution in [0.2, 0.25) is 0 Å². The molecular weight excluding hydrogens is 503 g/mol. The van der Waals surface area contributed by atoms with Crippen LogP contribution in [0, 0.1) is 0 Å². The number of hydrogen-bond donors (Lipinski definition) is 1. The van der Waals surface area contributed by atoms with Crippen LogP contribution in [-0.4, -0.2) is 72.2 Å². The monoisotopic (exact) mass is 562 g/mol. The molecule has 225 valence electrons. The predicted octanol–water partition coefficient (Wildman–Crippen LogP) is 7.38. The molecule has 0 aliphatic carbocycles. The van der Waals surface area contributed by atoms with Crippen LogP contribution in [-0.2, 0) is 23.6 Å². The topological polar surface area (TPSA) is 88.1 Å². The molecule has 0 aromatic heterocycles. The van der Waals surface area contributed by atoms with Gasteiger partial charge in [-0.3, -0.25) is 9.05 Å². The fraction of sp³-hybridized carbons (Fsp3) is 1.00. The molecule has 8 nitrogen and oxygen atoms in total. The molecule has 2 rings (SSSR count).